The SMILES string of the molecule is CC(C)(C)c1ccccc1NS(=O)(=O)c1ccc(C(=O)NCC(F)(F)F)cc1. The molecule has 0 aliphatic rings. The van der Waals surface area contributed by atoms with Gasteiger partial charge in [0.05, 0.1) is 10.6 Å². The summed E-state index contributed by atoms with van der Waals surface area (Å²) >= 11 is 0. The van der Waals surface area contributed by atoms with Crippen LogP contribution in [0.5, 0.6) is 0 Å². The highest BCUT2D eigenvalue weighted by atomic mass is 32.2. The van der Waals surface area contributed by atoms with Gasteiger partial charge in [0.2, 0.25) is 0 Å². The predicted octanol–water partition coefficient (Wildman–Crippen LogP) is 4.08. The molecule has 0 atom stereocenters. The number of amides is 1. The van der Waals surface area contributed by atoms with E-state index < -0.39 is 28.7 Å². The molecule has 2 aromatic carbocycles. The molecular formula is C19H21F3N2O3S. The molecule has 5 nitrogen and oxygen atoms in total. The normalized spacial score (nSPS) is 12.5. The lowest BCUT2D eigenvalue weighted by Gasteiger charge is -2.23. The molecule has 0 bridgehead atoms. The van der Waals surface area contributed by atoms with Gasteiger partial charge in [-0.05, 0) is 41.3 Å². The maximum Gasteiger partial charge on any atom is 0.405 e. The zero-order chi connectivity index (χ0) is 21.2. The quantitative estimate of drug-likeness (QED) is 0.774. The molecule has 2 rings (SSSR count). The van der Waals surface area contributed by atoms with E-state index in [1.165, 1.54) is 12.1 Å². The number of alkyl halides is 3. The molecule has 0 saturated heterocycles. The second-order valence-electron chi connectivity index (χ2n) is 7.22. The summed E-state index contributed by atoms with van der Waals surface area (Å²) < 4.78 is 64.4. The number of benzene rings is 2. The Morgan fingerprint density at radius 3 is 2.07 bits per heavy atom. The highest BCUT2D eigenvalue weighted by molar-refractivity contribution is 7.92. The number of carbonyl (C=O) groups excluding carboxylic acids is 1. The molecule has 152 valence electrons. The highest BCUT2D eigenvalue weighted by Gasteiger charge is 2.28. The summed E-state index contributed by atoms with van der Waals surface area (Å²) in [5, 5.41) is 1.73. The molecule has 0 aliphatic heterocycles. The molecule has 0 aromatic heterocycles. The third-order valence-corrected chi connectivity index (χ3v) is 5.24. The number of nitrogens with one attached hydrogen (secondary N) is 2. The second kappa shape index (κ2) is 7.83. The Hall–Kier alpha value is -2.55. The molecule has 0 fully saturated rings. The fraction of sp³-hybridized carbons (Fsp3) is 0.316. The molecule has 0 heterocycles. The Labute approximate surface area is 162 Å². The van der Waals surface area contributed by atoms with Gasteiger partial charge in [-0.1, -0.05) is 39.0 Å². The van der Waals surface area contributed by atoms with Gasteiger partial charge in [0.1, 0.15) is 6.54 Å². The van der Waals surface area contributed by atoms with Crippen LogP contribution in [0, 0.1) is 0 Å². The van der Waals surface area contributed by atoms with Crippen LogP contribution in [0.25, 0.3) is 0 Å². The molecule has 0 radical (unpaired) electrons. The van der Waals surface area contributed by atoms with Crippen LogP contribution in [0.1, 0.15) is 36.7 Å². The van der Waals surface area contributed by atoms with Crippen molar-refractivity contribution in [1.29, 1.82) is 0 Å². The van der Waals surface area contributed by atoms with E-state index in [4.69, 9.17) is 0 Å². The fourth-order valence-corrected chi connectivity index (χ4v) is 3.58. The van der Waals surface area contributed by atoms with Crippen molar-refractivity contribution in [1.82, 2.24) is 5.32 Å². The van der Waals surface area contributed by atoms with Crippen LogP contribution in [-0.4, -0.2) is 27.0 Å². The smallest absolute Gasteiger partial charge is 0.343 e. The van der Waals surface area contributed by atoms with Crippen molar-refractivity contribution in [3.05, 3.63) is 59.7 Å². The molecular weight excluding hydrogens is 393 g/mol. The molecule has 0 saturated carbocycles. The summed E-state index contributed by atoms with van der Waals surface area (Å²) in [7, 11) is -3.94. The lowest BCUT2D eigenvalue weighted by atomic mass is 9.86. The van der Waals surface area contributed by atoms with Gasteiger partial charge >= 0.3 is 6.18 Å². The van der Waals surface area contributed by atoms with Gasteiger partial charge in [0.15, 0.2) is 0 Å². The minimum atomic E-state index is -4.52. The topological polar surface area (TPSA) is 75.3 Å². The Balaban J connectivity index is 2.21. The molecule has 1 amide bonds. The van der Waals surface area contributed by atoms with Crippen molar-refractivity contribution in [2.45, 2.75) is 37.3 Å². The van der Waals surface area contributed by atoms with Crippen molar-refractivity contribution < 1.29 is 26.4 Å². The van der Waals surface area contributed by atoms with Gasteiger partial charge < -0.3 is 5.32 Å². The lowest BCUT2D eigenvalue weighted by Crippen LogP contribution is -2.33. The monoisotopic (exact) mass is 414 g/mol. The minimum Gasteiger partial charge on any atom is -0.343 e. The Morgan fingerprint density at radius 1 is 0.964 bits per heavy atom. The van der Waals surface area contributed by atoms with E-state index in [0.29, 0.717) is 5.69 Å². The summed E-state index contributed by atoms with van der Waals surface area (Å²) in [5.74, 6) is -0.938. The van der Waals surface area contributed by atoms with Crippen molar-refractivity contribution in [2.24, 2.45) is 0 Å². The van der Waals surface area contributed by atoms with E-state index in [2.05, 4.69) is 4.72 Å². The molecule has 2 aromatic rings. The van der Waals surface area contributed by atoms with Gasteiger partial charge in [-0.2, -0.15) is 13.2 Å². The van der Waals surface area contributed by atoms with Crippen molar-refractivity contribution in [3.63, 3.8) is 0 Å². The summed E-state index contributed by atoms with van der Waals surface area (Å²) in [6.45, 7) is 4.40. The number of sulfonamides is 1. The summed E-state index contributed by atoms with van der Waals surface area (Å²) in [6, 6.07) is 11.7. The van der Waals surface area contributed by atoms with Crippen LogP contribution >= 0.6 is 0 Å². The van der Waals surface area contributed by atoms with E-state index in [1.54, 1.807) is 17.4 Å². The largest absolute Gasteiger partial charge is 0.405 e. The number of para-hydroxylation sites is 1. The average Bonchev–Trinajstić information content (AvgIpc) is 2.58. The van der Waals surface area contributed by atoms with Crippen LogP contribution in [0.4, 0.5) is 18.9 Å². The van der Waals surface area contributed by atoms with Gasteiger partial charge in [0, 0.05) is 5.56 Å². The molecule has 0 unspecified atom stereocenters. The first-order valence-corrected chi connectivity index (χ1v) is 9.85. The highest BCUT2D eigenvalue weighted by Crippen LogP contribution is 2.30. The standard InChI is InChI=1S/C19H21F3N2O3S/c1-18(2,3)15-6-4-5-7-16(15)24-28(26,27)14-10-8-13(9-11-14)17(25)23-12-19(20,21)22/h4-11,24H,12H2,1-3H3,(H,23,25). The third-order valence-electron chi connectivity index (χ3n) is 3.86. The van der Waals surface area contributed by atoms with Crippen molar-refractivity contribution >= 4 is 21.6 Å². The molecule has 2 N–H and O–H groups in total. The first kappa shape index (κ1) is 21.7. The zero-order valence-corrected chi connectivity index (χ0v) is 16.4. The maximum atomic E-state index is 12.7. The number of anilines is 1. The molecule has 0 spiro atoms. The maximum absolute atomic E-state index is 12.7. The lowest BCUT2D eigenvalue weighted by molar-refractivity contribution is -0.123. The minimum absolute atomic E-state index is 0.0710. The Morgan fingerprint density at radius 2 is 1.54 bits per heavy atom. The van der Waals surface area contributed by atoms with Gasteiger partial charge in [0.25, 0.3) is 15.9 Å². The second-order valence-corrected chi connectivity index (χ2v) is 8.91. The zero-order valence-electron chi connectivity index (χ0n) is 15.6. The van der Waals surface area contributed by atoms with Crippen LogP contribution in [-0.2, 0) is 15.4 Å². The van der Waals surface area contributed by atoms with Crippen LogP contribution in [0.15, 0.2) is 53.4 Å². The fourth-order valence-electron chi connectivity index (χ4n) is 2.50. The summed E-state index contributed by atoms with van der Waals surface area (Å²) in [4.78, 5) is 11.6. The van der Waals surface area contributed by atoms with Crippen LogP contribution in [0.3, 0.4) is 0 Å². The number of carbonyl (C=O) groups is 1. The van der Waals surface area contributed by atoms with Crippen LogP contribution in [0.2, 0.25) is 0 Å². The Bertz CT molecular complexity index is 948. The summed E-state index contributed by atoms with van der Waals surface area (Å²) in [5.41, 5.74) is 0.876. The van der Waals surface area contributed by atoms with Gasteiger partial charge in [-0.3, -0.25) is 9.52 Å². The predicted molar refractivity (Wildman–Crippen MR) is 101 cm³/mol. The molecule has 9 heteroatoms. The average molecular weight is 414 g/mol. The van der Waals surface area contributed by atoms with E-state index in [9.17, 15) is 26.4 Å². The van der Waals surface area contributed by atoms with E-state index >= 15 is 0 Å². The number of rotatable bonds is 5. The first-order valence-electron chi connectivity index (χ1n) is 8.37. The third kappa shape index (κ3) is 5.72. The van der Waals surface area contributed by atoms with Crippen molar-refractivity contribution in [2.75, 3.05) is 11.3 Å². The molecule has 0 aliphatic carbocycles. The number of halogens is 3. The first-order chi connectivity index (χ1) is 12.8. The number of hydrogen-bond acceptors (Lipinski definition) is 3. The van der Waals surface area contributed by atoms with Gasteiger partial charge in [-0.15, -0.1) is 0 Å². The number of hydrogen-bond donors (Lipinski definition) is 2. The van der Waals surface area contributed by atoms with Crippen LogP contribution < -0.4 is 10.0 Å². The van der Waals surface area contributed by atoms with E-state index in [-0.39, 0.29) is 15.9 Å². The van der Waals surface area contributed by atoms with E-state index in [1.807, 2.05) is 32.9 Å². The van der Waals surface area contributed by atoms with Crippen molar-refractivity contribution in [3.8, 4) is 0 Å². The Kier molecular flexibility index (Phi) is 6.08. The van der Waals surface area contributed by atoms with E-state index in [0.717, 1.165) is 17.7 Å². The summed E-state index contributed by atoms with van der Waals surface area (Å²) in [6.07, 6.45) is -4.52. The molecule has 28 heavy (non-hydrogen) atoms. The van der Waals surface area contributed by atoms with Gasteiger partial charge in [-0.25, -0.2) is 8.42 Å².